The van der Waals surface area contributed by atoms with Gasteiger partial charge in [0.15, 0.2) is 18.5 Å². The summed E-state index contributed by atoms with van der Waals surface area (Å²) >= 11 is 0. The van der Waals surface area contributed by atoms with E-state index >= 15 is 0 Å². The van der Waals surface area contributed by atoms with E-state index in [1.165, 1.54) is 7.11 Å². The number of hydrogen-bond donors (Lipinski definition) is 1. The van der Waals surface area contributed by atoms with E-state index in [4.69, 9.17) is 23.7 Å². The zero-order valence-electron chi connectivity index (χ0n) is 28.4. The zero-order valence-corrected chi connectivity index (χ0v) is 28.4. The van der Waals surface area contributed by atoms with Crippen LogP contribution in [0, 0.1) is 29.6 Å². The summed E-state index contributed by atoms with van der Waals surface area (Å²) in [6.07, 6.45) is 12.7. The number of hydrogen-bond acceptors (Lipinski definition) is 9. The Labute approximate surface area is 282 Å². The van der Waals surface area contributed by atoms with Gasteiger partial charge in [0.2, 0.25) is 0 Å². The van der Waals surface area contributed by atoms with Crippen LogP contribution < -0.4 is 4.57 Å². The number of aliphatic hydroxyl groups is 1. The van der Waals surface area contributed by atoms with Crippen molar-refractivity contribution in [2.75, 3.05) is 7.11 Å². The van der Waals surface area contributed by atoms with Gasteiger partial charge in [0, 0.05) is 60.8 Å². The summed E-state index contributed by atoms with van der Waals surface area (Å²) in [5.74, 6) is -2.91. The van der Waals surface area contributed by atoms with Crippen molar-refractivity contribution in [3.05, 3.63) is 78.2 Å². The van der Waals surface area contributed by atoms with Gasteiger partial charge >= 0.3 is 17.9 Å². The van der Waals surface area contributed by atoms with Crippen molar-refractivity contribution in [2.24, 2.45) is 29.6 Å². The molecule has 5 aliphatic rings. The number of aryl methyl sites for hydroxylation is 1. The van der Waals surface area contributed by atoms with Crippen molar-refractivity contribution in [1.82, 2.24) is 0 Å². The van der Waals surface area contributed by atoms with Gasteiger partial charge in [-0.1, -0.05) is 56.4 Å². The SMILES string of the molecule is CO[C@H]1C[C@H]2C=C[C@H]3[C@H]4O[C@]2(/C(C)=C/[C@@H](C)[C@@H]([C@@H](C)OC(=O)CCC[n+]2ccccc2)OC1=O)[C@@H]3[C@H](O)[C@@H](C)[C@H]4OC(=O)C1=CC=CC1. The van der Waals surface area contributed by atoms with E-state index in [0.717, 1.165) is 5.57 Å². The van der Waals surface area contributed by atoms with Gasteiger partial charge in [0.1, 0.15) is 36.6 Å². The molecule has 3 aliphatic carbocycles. The highest BCUT2D eigenvalue weighted by molar-refractivity contribution is 5.90. The van der Waals surface area contributed by atoms with Crippen molar-refractivity contribution < 1.29 is 47.7 Å². The van der Waals surface area contributed by atoms with Gasteiger partial charge in [-0.2, -0.15) is 0 Å². The van der Waals surface area contributed by atoms with Gasteiger partial charge in [-0.05, 0) is 32.3 Å². The Hall–Kier alpha value is -3.60. The number of ether oxygens (including phenoxy) is 5. The molecule has 10 nitrogen and oxygen atoms in total. The third-order valence-electron chi connectivity index (χ3n) is 11.0. The predicted molar refractivity (Wildman–Crippen MR) is 174 cm³/mol. The summed E-state index contributed by atoms with van der Waals surface area (Å²) in [5.41, 5.74) is 0.487. The number of carbonyl (C=O) groups excluding carboxylic acids is 3. The molecule has 0 amide bonds. The first kappa shape index (κ1) is 34.3. The van der Waals surface area contributed by atoms with Crippen LogP contribution in [0.15, 0.2) is 78.2 Å². The Balaban J connectivity index is 1.25. The summed E-state index contributed by atoms with van der Waals surface area (Å²) in [4.78, 5) is 39.7. The molecule has 10 heteroatoms. The molecule has 0 unspecified atom stereocenters. The summed E-state index contributed by atoms with van der Waals surface area (Å²) in [6.45, 7) is 8.25. The number of rotatable bonds is 9. The third kappa shape index (κ3) is 6.30. The lowest BCUT2D eigenvalue weighted by atomic mass is 9.57. The Bertz CT molecular complexity index is 1500. The fourth-order valence-corrected chi connectivity index (χ4v) is 8.61. The van der Waals surface area contributed by atoms with Crippen LogP contribution in [-0.2, 0) is 44.6 Å². The minimum atomic E-state index is -0.977. The van der Waals surface area contributed by atoms with Crippen molar-refractivity contribution in [2.45, 2.75) is 102 Å². The second-order valence-electron chi connectivity index (χ2n) is 14.0. The maximum Gasteiger partial charge on any atom is 0.335 e. The normalized spacial score (nSPS) is 38.6. The lowest BCUT2D eigenvalue weighted by Crippen LogP contribution is -2.57. The fourth-order valence-electron chi connectivity index (χ4n) is 8.61. The lowest BCUT2D eigenvalue weighted by Gasteiger charge is -2.49. The minimum absolute atomic E-state index is 0.194. The highest BCUT2D eigenvalue weighted by Crippen LogP contribution is 2.61. The topological polar surface area (TPSA) is 121 Å². The predicted octanol–water partition coefficient (Wildman–Crippen LogP) is 3.96. The van der Waals surface area contributed by atoms with E-state index < -0.39 is 54.2 Å². The highest BCUT2D eigenvalue weighted by Gasteiger charge is 2.69. The quantitative estimate of drug-likeness (QED) is 0.181. The molecular weight excluding hydrogens is 614 g/mol. The fraction of sp³-hybridized carbons (Fsp3) is 0.579. The Morgan fingerprint density at radius 3 is 2.65 bits per heavy atom. The second-order valence-corrected chi connectivity index (χ2v) is 14.0. The van der Waals surface area contributed by atoms with Crippen molar-refractivity contribution in [3.63, 3.8) is 0 Å². The van der Waals surface area contributed by atoms with Crippen LogP contribution in [-0.4, -0.2) is 72.3 Å². The number of nitrogens with zero attached hydrogens (tertiary/aromatic N) is 1. The maximum absolute atomic E-state index is 13.6. The molecule has 0 aromatic carbocycles. The molecule has 0 radical (unpaired) electrons. The highest BCUT2D eigenvalue weighted by atomic mass is 16.6. The van der Waals surface area contributed by atoms with E-state index in [1.54, 1.807) is 13.0 Å². The van der Waals surface area contributed by atoms with Crippen LogP contribution >= 0.6 is 0 Å². The molecule has 2 fully saturated rings. The number of carbonyl (C=O) groups is 3. The van der Waals surface area contributed by atoms with E-state index in [2.05, 4.69) is 12.2 Å². The lowest BCUT2D eigenvalue weighted by molar-refractivity contribution is -0.697. The molecule has 6 rings (SSSR count). The number of pyridine rings is 1. The second kappa shape index (κ2) is 14.1. The first-order chi connectivity index (χ1) is 23.0. The number of cyclic esters (lactones) is 1. The molecule has 258 valence electrons. The third-order valence-corrected chi connectivity index (χ3v) is 11.0. The molecule has 1 aromatic rings. The van der Waals surface area contributed by atoms with Crippen LogP contribution in [0.3, 0.4) is 0 Å². The van der Waals surface area contributed by atoms with E-state index in [1.807, 2.05) is 74.2 Å². The molecule has 4 bridgehead atoms. The molecule has 1 N–H and O–H groups in total. The molecule has 3 heterocycles. The number of aromatic nitrogens is 1. The van der Waals surface area contributed by atoms with Gasteiger partial charge in [-0.15, -0.1) is 0 Å². The Morgan fingerprint density at radius 2 is 1.94 bits per heavy atom. The van der Waals surface area contributed by atoms with Crippen molar-refractivity contribution in [3.8, 4) is 0 Å². The first-order valence-electron chi connectivity index (χ1n) is 17.2. The number of methoxy groups -OCH3 is 1. The van der Waals surface area contributed by atoms with Crippen molar-refractivity contribution in [1.29, 1.82) is 0 Å². The van der Waals surface area contributed by atoms with Gasteiger partial charge in [0.05, 0.1) is 12.5 Å². The number of esters is 3. The number of aliphatic hydroxyl groups excluding tert-OH is 1. The van der Waals surface area contributed by atoms with Crippen LogP contribution in [0.25, 0.3) is 0 Å². The first-order valence-corrected chi connectivity index (χ1v) is 17.2. The molecule has 1 saturated heterocycles. The largest absolute Gasteiger partial charge is 0.459 e. The summed E-state index contributed by atoms with van der Waals surface area (Å²) in [6, 6.07) is 5.82. The van der Waals surface area contributed by atoms with E-state index in [9.17, 15) is 19.5 Å². The van der Waals surface area contributed by atoms with Gasteiger partial charge in [-0.3, -0.25) is 4.79 Å². The molecule has 1 saturated carbocycles. The van der Waals surface area contributed by atoms with Crippen LogP contribution in [0.5, 0.6) is 0 Å². The monoisotopic (exact) mass is 662 g/mol. The van der Waals surface area contributed by atoms with Gasteiger partial charge in [0.25, 0.3) is 0 Å². The zero-order chi connectivity index (χ0) is 34.2. The summed E-state index contributed by atoms with van der Waals surface area (Å²) in [7, 11) is 1.47. The van der Waals surface area contributed by atoms with Crippen molar-refractivity contribution >= 4 is 17.9 Å². The molecule has 12 atom stereocenters. The molecule has 2 aliphatic heterocycles. The Kier molecular flexibility index (Phi) is 10.1. The number of allylic oxidation sites excluding steroid dienone is 3. The van der Waals surface area contributed by atoms with Crippen LogP contribution in [0.1, 0.15) is 53.4 Å². The Morgan fingerprint density at radius 1 is 1.17 bits per heavy atom. The molecular formula is C38H48NO9+. The van der Waals surface area contributed by atoms with Gasteiger partial charge < -0.3 is 28.8 Å². The maximum atomic E-state index is 13.6. The van der Waals surface area contributed by atoms with Crippen LogP contribution in [0.4, 0.5) is 0 Å². The van der Waals surface area contributed by atoms with E-state index in [-0.39, 0.29) is 48.4 Å². The average molecular weight is 663 g/mol. The molecule has 48 heavy (non-hydrogen) atoms. The van der Waals surface area contributed by atoms with Gasteiger partial charge in [-0.25, -0.2) is 14.2 Å². The van der Waals surface area contributed by atoms with E-state index in [0.29, 0.717) is 25.0 Å². The summed E-state index contributed by atoms with van der Waals surface area (Å²) in [5, 5.41) is 11.9. The van der Waals surface area contributed by atoms with Crippen LogP contribution in [0.2, 0.25) is 0 Å². The smallest absolute Gasteiger partial charge is 0.335 e. The average Bonchev–Trinajstić information content (AvgIpc) is 3.67. The standard InChI is InChI=1S/C38H48NO9/c1-22-20-23(2)38-27(15-16-28-31(38)32(41)24(3)34(35(28)48-38)47-36(42)26-12-7-8-13-26)21-29(44-5)37(43)46-33(22)25(4)45-30(40)14-11-19-39-17-9-6-10-18-39/h6-10,12,15-18,20,22,24-25,27-29,31-35,41H,11,13-14,19,21H2,1-5H3/q+1/b23-20+/t22-,24-,25-,27-,28-,29+,31+,32-,33+,34-,35-,38+/m1/s1. The molecule has 1 aromatic heterocycles. The summed E-state index contributed by atoms with van der Waals surface area (Å²) < 4.78 is 32.8. The molecule has 1 spiro atoms. The minimum Gasteiger partial charge on any atom is -0.459 e.